The third kappa shape index (κ3) is 12.2. The van der Waals surface area contributed by atoms with Crippen LogP contribution in [0.2, 0.25) is 0 Å². The number of carboxylic acids is 2. The number of carboxylic acid groups (broad SMARTS) is 2. The minimum Gasteiger partial charge on any atom is -0.748 e. The average Bonchev–Trinajstić information content (AvgIpc) is 3.47. The molecule has 0 aromatic heterocycles. The Morgan fingerprint density at radius 3 is 2.10 bits per heavy atom. The van der Waals surface area contributed by atoms with E-state index in [1.54, 1.807) is 0 Å². The van der Waals surface area contributed by atoms with Crippen LogP contribution in [0.4, 0.5) is 11.4 Å². The number of unbranched alkanes of at least 4 members (excludes halogenated alkanes) is 4. The largest absolute Gasteiger partial charge is 0.748 e. The predicted molar refractivity (Wildman–Crippen MR) is 219 cm³/mol. The molecule has 0 amide bonds. The van der Waals surface area contributed by atoms with Gasteiger partial charge in [-0.05, 0) is 95.7 Å². The molecule has 2 N–H and O–H groups in total. The summed E-state index contributed by atoms with van der Waals surface area (Å²) >= 11 is 0. The minimum absolute atomic E-state index is 0.0296. The third-order valence-corrected chi connectivity index (χ3v) is 13.6. The second-order valence-electron chi connectivity index (χ2n) is 16.2. The maximum atomic E-state index is 12.5. The van der Waals surface area contributed by atoms with Crippen LogP contribution in [0.3, 0.4) is 0 Å². The molecule has 2 aliphatic heterocycles. The molecule has 0 bridgehead atoms. The van der Waals surface area contributed by atoms with Crippen LogP contribution in [0.25, 0.3) is 0 Å². The maximum Gasteiger partial charge on any atom is 0.315 e. The number of aliphatic carboxylic acids is 2. The zero-order chi connectivity index (χ0) is 44.8. The molecule has 0 saturated carbocycles. The summed E-state index contributed by atoms with van der Waals surface area (Å²) in [4.78, 5) is 36.6. The summed E-state index contributed by atoms with van der Waals surface area (Å²) in [7, 11) is -14.4. The second-order valence-corrected chi connectivity index (χ2v) is 20.5. The Kier molecular flexibility index (Phi) is 15.5. The van der Waals surface area contributed by atoms with Gasteiger partial charge < -0.3 is 28.8 Å². The van der Waals surface area contributed by atoms with Crippen LogP contribution in [0, 0.1) is 12.8 Å². The van der Waals surface area contributed by atoms with Crippen molar-refractivity contribution in [2.45, 2.75) is 108 Å². The number of rotatable bonds is 23. The van der Waals surface area contributed by atoms with Crippen LogP contribution >= 0.6 is 0 Å². The molecule has 16 nitrogen and oxygen atoms in total. The van der Waals surface area contributed by atoms with Gasteiger partial charge in [0.15, 0.2) is 5.71 Å². The van der Waals surface area contributed by atoms with Gasteiger partial charge in [-0.2, -0.15) is 4.58 Å². The number of fused-ring (bicyclic) bond motifs is 2. The molecule has 60 heavy (non-hydrogen) atoms. The number of anilines is 1. The molecule has 0 saturated heterocycles. The van der Waals surface area contributed by atoms with E-state index in [2.05, 4.69) is 24.5 Å². The van der Waals surface area contributed by atoms with Gasteiger partial charge in [0.1, 0.15) is 28.4 Å². The highest BCUT2D eigenvalue weighted by atomic mass is 32.2. The van der Waals surface area contributed by atoms with Crippen molar-refractivity contribution in [2.75, 3.05) is 29.5 Å². The molecule has 0 fully saturated rings. The molecule has 0 aliphatic carbocycles. The van der Waals surface area contributed by atoms with Crippen molar-refractivity contribution in [3.05, 3.63) is 77.0 Å². The van der Waals surface area contributed by atoms with Crippen LogP contribution in [-0.2, 0) is 55.6 Å². The lowest BCUT2D eigenvalue weighted by molar-refractivity contribution is -0.438. The van der Waals surface area contributed by atoms with Gasteiger partial charge in [0.05, 0.1) is 36.3 Å². The number of carbonyl (C=O) groups excluding carboxylic acids is 1. The van der Waals surface area contributed by atoms with E-state index in [-0.39, 0.29) is 32.2 Å². The highest BCUT2D eigenvalue weighted by Gasteiger charge is 2.45. The monoisotopic (exact) mass is 892 g/mol. The lowest BCUT2D eigenvalue weighted by Gasteiger charge is -2.31. The number of benzene rings is 2. The second kappa shape index (κ2) is 19.2. The Bertz CT molecular complexity index is 2420. The van der Waals surface area contributed by atoms with Crippen molar-refractivity contribution in [3.63, 3.8) is 0 Å². The van der Waals surface area contributed by atoms with Crippen LogP contribution in [0.5, 0.6) is 0 Å². The van der Waals surface area contributed by atoms with Crippen molar-refractivity contribution in [1.29, 1.82) is 0 Å². The summed E-state index contributed by atoms with van der Waals surface area (Å²) in [5.74, 6) is -7.30. The van der Waals surface area contributed by atoms with Crippen molar-refractivity contribution in [3.8, 4) is 0 Å². The standard InChI is InChI=1S/C41H54N2O14S3/c1-28-17-19-33-31(25-28)40(2,3)36(42(33)22-10-6-7-13-35(44)30(39(47)48)27-59(52,53)54)14-11-15-37-41(4,21-9-5-8-16-38(45)46)32-26-29(60(55,56)57)18-20-34(32)43(37)23-12-24-58(49,50)51/h11,14-15,17-20,25-26,30H,5-10,12-13,16,21-24,27H2,1-4H3,(H4-,45,46,47,48,49,50,51,52,53,54,55,56,57)/p-2. The SMILES string of the molecule is Cc1ccc2c(c1)C(C)(C)C(C=CC=C1N(CCCS(=O)(=O)[O-])c3ccc(S(=O)(=O)[O-])cc3C1(C)CCCCCC(=O)O)=[N+]2CCCCCC(=O)C(CS(=O)(=O)[O-])C(=O)O. The van der Waals surface area contributed by atoms with Crippen molar-refractivity contribution in [2.24, 2.45) is 5.92 Å². The van der Waals surface area contributed by atoms with Gasteiger partial charge in [-0.3, -0.25) is 14.4 Å². The molecule has 2 aromatic carbocycles. The molecule has 330 valence electrons. The molecule has 19 heteroatoms. The highest BCUT2D eigenvalue weighted by molar-refractivity contribution is 7.86. The molecule has 4 rings (SSSR count). The van der Waals surface area contributed by atoms with E-state index in [1.807, 2.05) is 49.1 Å². The van der Waals surface area contributed by atoms with Crippen LogP contribution < -0.4 is 4.90 Å². The Hall–Kier alpha value is -4.27. The fourth-order valence-electron chi connectivity index (χ4n) is 8.21. The fraction of sp³-hybridized carbons (Fsp3) is 0.512. The van der Waals surface area contributed by atoms with Crippen LogP contribution in [0.1, 0.15) is 102 Å². The Morgan fingerprint density at radius 2 is 1.48 bits per heavy atom. The molecular formula is C41H52N2O14S3-2. The lowest BCUT2D eigenvalue weighted by atomic mass is 9.77. The van der Waals surface area contributed by atoms with E-state index in [9.17, 15) is 58.4 Å². The minimum atomic E-state index is -4.93. The molecular weight excluding hydrogens is 841 g/mol. The Labute approximate surface area is 352 Å². The van der Waals surface area contributed by atoms with Gasteiger partial charge in [-0.25, -0.2) is 25.3 Å². The van der Waals surface area contributed by atoms with E-state index < -0.39 is 81.2 Å². The van der Waals surface area contributed by atoms with E-state index in [0.717, 1.165) is 22.5 Å². The first kappa shape index (κ1) is 48.4. The van der Waals surface area contributed by atoms with Crippen molar-refractivity contribution >= 4 is 65.2 Å². The molecule has 2 aliphatic rings. The van der Waals surface area contributed by atoms with E-state index in [4.69, 9.17) is 5.11 Å². The summed E-state index contributed by atoms with van der Waals surface area (Å²) < 4.78 is 107. The van der Waals surface area contributed by atoms with E-state index in [1.165, 1.54) is 18.2 Å². The number of hydrogen-bond acceptors (Lipinski definition) is 13. The van der Waals surface area contributed by atoms with E-state index >= 15 is 0 Å². The Morgan fingerprint density at radius 1 is 0.817 bits per heavy atom. The predicted octanol–water partition coefficient (Wildman–Crippen LogP) is 4.84. The number of Topliss-reactive ketones (excluding diaryl/α,β-unsaturated/α-hetero) is 1. The average molecular weight is 893 g/mol. The number of aryl methyl sites for hydroxylation is 1. The molecule has 2 unspecified atom stereocenters. The molecule has 2 heterocycles. The summed E-state index contributed by atoms with van der Waals surface area (Å²) in [6, 6.07) is 10.1. The van der Waals surface area contributed by atoms with Crippen molar-refractivity contribution in [1.82, 2.24) is 0 Å². The number of nitrogens with zero attached hydrogens (tertiary/aromatic N) is 2. The fourth-order valence-corrected chi connectivity index (χ4v) is 9.93. The van der Waals surface area contributed by atoms with Gasteiger partial charge in [0.25, 0.3) is 0 Å². The van der Waals surface area contributed by atoms with Gasteiger partial charge in [-0.15, -0.1) is 0 Å². The number of hydrogen-bond donors (Lipinski definition) is 2. The lowest BCUT2D eigenvalue weighted by Crippen LogP contribution is -2.31. The molecule has 0 radical (unpaired) electrons. The molecule has 2 aromatic rings. The first-order chi connectivity index (χ1) is 27.8. The highest BCUT2D eigenvalue weighted by Crippen LogP contribution is 2.51. The maximum absolute atomic E-state index is 12.5. The first-order valence-corrected chi connectivity index (χ1v) is 24.2. The van der Waals surface area contributed by atoms with Gasteiger partial charge in [0.2, 0.25) is 5.69 Å². The number of carbonyl (C=O) groups is 3. The van der Waals surface area contributed by atoms with E-state index in [0.29, 0.717) is 62.0 Å². The normalized spacial score (nSPS) is 18.9. The topological polar surface area (TPSA) is 270 Å². The quantitative estimate of drug-likeness (QED) is 0.0654. The van der Waals surface area contributed by atoms with Crippen LogP contribution in [-0.4, -0.2) is 102 Å². The molecule has 0 spiro atoms. The number of allylic oxidation sites excluding steroid dienone is 4. The summed E-state index contributed by atoms with van der Waals surface area (Å²) in [5.41, 5.74) is 4.22. The zero-order valence-corrected chi connectivity index (χ0v) is 36.5. The third-order valence-electron chi connectivity index (χ3n) is 11.3. The zero-order valence-electron chi connectivity index (χ0n) is 34.1. The van der Waals surface area contributed by atoms with Gasteiger partial charge in [0, 0.05) is 66.1 Å². The number of ketones is 1. The van der Waals surface area contributed by atoms with Crippen LogP contribution in [0.15, 0.2) is 65.2 Å². The first-order valence-electron chi connectivity index (χ1n) is 19.6. The summed E-state index contributed by atoms with van der Waals surface area (Å²) in [6.45, 7) is 8.57. The van der Waals surface area contributed by atoms with Gasteiger partial charge in [-0.1, -0.05) is 30.5 Å². The Balaban J connectivity index is 1.73. The summed E-state index contributed by atoms with van der Waals surface area (Å²) in [5, 5.41) is 18.5. The smallest absolute Gasteiger partial charge is 0.315 e. The summed E-state index contributed by atoms with van der Waals surface area (Å²) in [6.07, 6.45) is 8.56. The molecule has 2 atom stereocenters. The van der Waals surface area contributed by atoms with Crippen molar-refractivity contribution < 1.29 is 68.1 Å². The van der Waals surface area contributed by atoms with Gasteiger partial charge >= 0.3 is 11.9 Å².